The molecule has 0 rings (SSSR count). The van der Waals surface area contributed by atoms with Gasteiger partial charge in [-0.25, -0.2) is 4.79 Å². The van der Waals surface area contributed by atoms with Gasteiger partial charge in [-0.3, -0.25) is 9.59 Å². The van der Waals surface area contributed by atoms with Crippen molar-refractivity contribution in [3.63, 3.8) is 0 Å². The summed E-state index contributed by atoms with van der Waals surface area (Å²) in [6.45, 7) is 1.21. The number of hydrogen-bond donors (Lipinski definition) is 3. The van der Waals surface area contributed by atoms with Gasteiger partial charge in [0.2, 0.25) is 5.91 Å². The standard InChI is InChI=1S/C8H14NO6P/c1-4(10)7(12)9-5(8(13)14)2-3-6(11)15-16/h4-5,10H,2-3,16H2,1H3,(H,9,12)(H,13,14)/t4-,5-/m0/s1. The SMILES string of the molecule is C[C@H](O)C(=O)N[C@@H](CCC(=O)OP)C(=O)O. The Morgan fingerprint density at radius 2 is 2.00 bits per heavy atom. The maximum absolute atomic E-state index is 11.0. The van der Waals surface area contributed by atoms with E-state index in [2.05, 4.69) is 9.84 Å². The van der Waals surface area contributed by atoms with Crippen LogP contribution in [0.5, 0.6) is 0 Å². The fourth-order valence-electron chi connectivity index (χ4n) is 0.871. The quantitative estimate of drug-likeness (QED) is 0.524. The summed E-state index contributed by atoms with van der Waals surface area (Å²) in [6.07, 6.45) is -1.53. The lowest BCUT2D eigenvalue weighted by atomic mass is 10.1. The molecule has 7 nitrogen and oxygen atoms in total. The van der Waals surface area contributed by atoms with Crippen LogP contribution in [0.15, 0.2) is 0 Å². The zero-order chi connectivity index (χ0) is 12.7. The summed E-state index contributed by atoms with van der Waals surface area (Å²) in [5, 5.41) is 19.7. The van der Waals surface area contributed by atoms with Crippen molar-refractivity contribution in [2.45, 2.75) is 31.9 Å². The summed E-state index contributed by atoms with van der Waals surface area (Å²) >= 11 is 0. The molecule has 1 amide bonds. The van der Waals surface area contributed by atoms with Crippen LogP contribution >= 0.6 is 9.47 Å². The molecule has 8 heteroatoms. The third-order valence-electron chi connectivity index (χ3n) is 1.76. The Balaban J connectivity index is 4.24. The first kappa shape index (κ1) is 14.8. The Labute approximate surface area is 94.4 Å². The van der Waals surface area contributed by atoms with E-state index in [9.17, 15) is 14.4 Å². The van der Waals surface area contributed by atoms with Gasteiger partial charge in [-0.1, -0.05) is 0 Å². The van der Waals surface area contributed by atoms with E-state index in [0.29, 0.717) is 0 Å². The first-order valence-corrected chi connectivity index (χ1v) is 4.96. The molecule has 0 radical (unpaired) electrons. The third-order valence-corrected chi connectivity index (χ3v) is 2.03. The van der Waals surface area contributed by atoms with E-state index >= 15 is 0 Å². The second-order valence-electron chi connectivity index (χ2n) is 3.10. The molecule has 0 saturated carbocycles. The molecule has 0 spiro atoms. The molecule has 0 bridgehead atoms. The second kappa shape index (κ2) is 7.14. The summed E-state index contributed by atoms with van der Waals surface area (Å²) in [4.78, 5) is 32.5. The van der Waals surface area contributed by atoms with Gasteiger partial charge in [0.25, 0.3) is 0 Å². The lowest BCUT2D eigenvalue weighted by molar-refractivity contribution is -0.143. The van der Waals surface area contributed by atoms with Gasteiger partial charge in [-0.15, -0.1) is 0 Å². The van der Waals surface area contributed by atoms with E-state index in [0.717, 1.165) is 0 Å². The zero-order valence-corrected chi connectivity index (χ0v) is 9.83. The first-order chi connectivity index (χ1) is 7.38. The average molecular weight is 251 g/mol. The van der Waals surface area contributed by atoms with Crippen molar-refractivity contribution in [2.75, 3.05) is 0 Å². The highest BCUT2D eigenvalue weighted by atomic mass is 31.0. The Morgan fingerprint density at radius 3 is 2.38 bits per heavy atom. The Morgan fingerprint density at radius 1 is 1.44 bits per heavy atom. The molecule has 16 heavy (non-hydrogen) atoms. The molecule has 0 aromatic heterocycles. The number of carbonyl (C=O) groups is 3. The van der Waals surface area contributed by atoms with Crippen LogP contribution in [0.25, 0.3) is 0 Å². The van der Waals surface area contributed by atoms with Crippen LogP contribution in [0, 0.1) is 0 Å². The van der Waals surface area contributed by atoms with Crippen molar-refractivity contribution >= 4 is 27.3 Å². The number of carboxylic acid groups (broad SMARTS) is 1. The number of aliphatic hydroxyl groups excluding tert-OH is 1. The third kappa shape index (κ3) is 5.63. The maximum Gasteiger partial charge on any atom is 0.326 e. The van der Waals surface area contributed by atoms with Gasteiger partial charge in [-0.2, -0.15) is 0 Å². The van der Waals surface area contributed by atoms with Gasteiger partial charge < -0.3 is 20.1 Å². The molecule has 1 unspecified atom stereocenters. The first-order valence-electron chi connectivity index (χ1n) is 4.49. The molecule has 92 valence electrons. The summed E-state index contributed by atoms with van der Waals surface area (Å²) in [5.41, 5.74) is 0. The van der Waals surface area contributed by atoms with E-state index in [1.54, 1.807) is 9.47 Å². The van der Waals surface area contributed by atoms with Gasteiger partial charge in [0, 0.05) is 6.42 Å². The van der Waals surface area contributed by atoms with Crippen LogP contribution in [-0.2, 0) is 18.9 Å². The molecule has 3 N–H and O–H groups in total. The van der Waals surface area contributed by atoms with Gasteiger partial charge in [-0.05, 0) is 13.3 Å². The van der Waals surface area contributed by atoms with E-state index < -0.39 is 30.0 Å². The van der Waals surface area contributed by atoms with Crippen LogP contribution in [0.2, 0.25) is 0 Å². The van der Waals surface area contributed by atoms with Gasteiger partial charge in [0.15, 0.2) is 0 Å². The van der Waals surface area contributed by atoms with E-state index in [1.165, 1.54) is 6.92 Å². The van der Waals surface area contributed by atoms with Crippen molar-refractivity contribution in [3.05, 3.63) is 0 Å². The summed E-state index contributed by atoms with van der Waals surface area (Å²) < 4.78 is 4.26. The molecule has 0 heterocycles. The number of carboxylic acids is 1. The predicted octanol–water partition coefficient (Wildman–Crippen LogP) is -0.950. The minimum atomic E-state index is -1.30. The van der Waals surface area contributed by atoms with Crippen molar-refractivity contribution in [3.8, 4) is 0 Å². The smallest absolute Gasteiger partial charge is 0.326 e. The molecular formula is C8H14NO6P. The number of amides is 1. The number of aliphatic hydroxyl groups is 1. The molecule has 3 atom stereocenters. The number of hydrogen-bond acceptors (Lipinski definition) is 5. The average Bonchev–Trinajstić information content (AvgIpc) is 2.22. The van der Waals surface area contributed by atoms with E-state index in [4.69, 9.17) is 10.2 Å². The lowest BCUT2D eigenvalue weighted by Gasteiger charge is -2.14. The highest BCUT2D eigenvalue weighted by Crippen LogP contribution is 2.02. The highest BCUT2D eigenvalue weighted by Gasteiger charge is 2.22. The fraction of sp³-hybridized carbons (Fsp3) is 0.625. The number of aliphatic carboxylic acids is 1. The molecule has 0 aliphatic heterocycles. The fourth-order valence-corrected chi connectivity index (χ4v) is 0.989. The second-order valence-corrected chi connectivity index (χ2v) is 3.34. The largest absolute Gasteiger partial charge is 0.480 e. The van der Waals surface area contributed by atoms with Crippen LogP contribution < -0.4 is 5.32 Å². The van der Waals surface area contributed by atoms with Crippen molar-refractivity contribution in [1.29, 1.82) is 0 Å². The summed E-state index contributed by atoms with van der Waals surface area (Å²) in [5.74, 6) is -2.67. The minimum absolute atomic E-state index is 0.0962. The predicted molar refractivity (Wildman–Crippen MR) is 56.3 cm³/mol. The van der Waals surface area contributed by atoms with E-state index in [1.807, 2.05) is 0 Å². The van der Waals surface area contributed by atoms with Crippen molar-refractivity contribution in [1.82, 2.24) is 5.32 Å². The molecule has 0 aromatic rings. The highest BCUT2D eigenvalue weighted by molar-refractivity contribution is 7.10. The normalized spacial score (nSPS) is 13.7. The monoisotopic (exact) mass is 251 g/mol. The van der Waals surface area contributed by atoms with Crippen molar-refractivity contribution in [2.24, 2.45) is 0 Å². The molecular weight excluding hydrogens is 237 g/mol. The topological polar surface area (TPSA) is 113 Å². The Kier molecular flexibility index (Phi) is 6.60. The summed E-state index contributed by atoms with van der Waals surface area (Å²) in [6, 6.07) is -1.22. The lowest BCUT2D eigenvalue weighted by Crippen LogP contribution is -2.44. The Hall–Kier alpha value is -1.20. The number of carbonyl (C=O) groups excluding carboxylic acids is 2. The molecule has 0 aliphatic rings. The molecule has 0 fully saturated rings. The van der Waals surface area contributed by atoms with Crippen LogP contribution in [0.1, 0.15) is 19.8 Å². The minimum Gasteiger partial charge on any atom is -0.480 e. The van der Waals surface area contributed by atoms with Crippen LogP contribution in [0.3, 0.4) is 0 Å². The van der Waals surface area contributed by atoms with Crippen molar-refractivity contribution < 1.29 is 29.1 Å². The van der Waals surface area contributed by atoms with Gasteiger partial charge in [0.1, 0.15) is 12.1 Å². The van der Waals surface area contributed by atoms with Crippen LogP contribution in [0.4, 0.5) is 0 Å². The molecule has 0 aliphatic carbocycles. The van der Waals surface area contributed by atoms with Crippen LogP contribution in [-0.4, -0.2) is 40.2 Å². The van der Waals surface area contributed by atoms with Gasteiger partial charge in [0.05, 0.1) is 9.47 Å². The number of nitrogens with one attached hydrogen (secondary N) is 1. The zero-order valence-electron chi connectivity index (χ0n) is 8.67. The van der Waals surface area contributed by atoms with Gasteiger partial charge >= 0.3 is 11.9 Å². The molecule has 0 aromatic carbocycles. The van der Waals surface area contributed by atoms with E-state index in [-0.39, 0.29) is 12.8 Å². The Bertz CT molecular complexity index is 280. The maximum atomic E-state index is 11.0. The molecule has 0 saturated heterocycles. The number of rotatable bonds is 6. The summed E-state index contributed by atoms with van der Waals surface area (Å²) in [7, 11) is 1.75.